The van der Waals surface area contributed by atoms with Crippen molar-refractivity contribution >= 4 is 10.9 Å². The summed E-state index contributed by atoms with van der Waals surface area (Å²) in [6.45, 7) is 2.78. The quantitative estimate of drug-likeness (QED) is 0.649. The first-order valence-corrected chi connectivity index (χ1v) is 8.38. The van der Waals surface area contributed by atoms with Gasteiger partial charge in [0.2, 0.25) is 0 Å². The van der Waals surface area contributed by atoms with Crippen molar-refractivity contribution in [2.75, 3.05) is 6.54 Å². The van der Waals surface area contributed by atoms with Gasteiger partial charge >= 0.3 is 6.18 Å². The smallest absolute Gasteiger partial charge is 0.361 e. The molecule has 3 aromatic rings. The molecule has 0 fully saturated rings. The molecule has 2 aromatic carbocycles. The molecule has 0 amide bonds. The molecule has 2 N–H and O–H groups in total. The number of alkyl halides is 3. The van der Waals surface area contributed by atoms with Crippen molar-refractivity contribution in [1.82, 2.24) is 10.3 Å². The van der Waals surface area contributed by atoms with Gasteiger partial charge in [0, 0.05) is 23.1 Å². The number of aromatic amines is 1. The summed E-state index contributed by atoms with van der Waals surface area (Å²) in [6, 6.07) is 13.8. The lowest BCUT2D eigenvalue weighted by Gasteiger charge is -2.15. The number of hydrogen-bond acceptors (Lipinski definition) is 1. The standard InChI is InChI=1S/C20H21F3N2/c1-14(11-15-5-4-6-17(12-15)20(21,22)23)24-10-9-16-13-25-19-8-3-2-7-18(16)19/h2-8,12-14,24-25H,9-11H2,1H3. The molecule has 1 aromatic heterocycles. The van der Waals surface area contributed by atoms with Crippen LogP contribution in [0, 0.1) is 0 Å². The van der Waals surface area contributed by atoms with Crippen LogP contribution in [0.25, 0.3) is 10.9 Å². The van der Waals surface area contributed by atoms with Crippen molar-refractivity contribution in [3.8, 4) is 0 Å². The highest BCUT2D eigenvalue weighted by Crippen LogP contribution is 2.29. The van der Waals surface area contributed by atoms with Crippen molar-refractivity contribution in [2.45, 2.75) is 32.0 Å². The van der Waals surface area contributed by atoms with Crippen LogP contribution in [-0.2, 0) is 19.0 Å². The van der Waals surface area contributed by atoms with Crippen molar-refractivity contribution in [2.24, 2.45) is 0 Å². The summed E-state index contributed by atoms with van der Waals surface area (Å²) >= 11 is 0. The first-order valence-electron chi connectivity index (χ1n) is 8.38. The molecule has 1 heterocycles. The summed E-state index contributed by atoms with van der Waals surface area (Å²) in [5.41, 5.74) is 2.47. The fraction of sp³-hybridized carbons (Fsp3) is 0.300. The van der Waals surface area contributed by atoms with Crippen LogP contribution < -0.4 is 5.32 Å². The number of halogens is 3. The Morgan fingerprint density at radius 1 is 1.08 bits per heavy atom. The van der Waals surface area contributed by atoms with E-state index in [2.05, 4.69) is 16.4 Å². The summed E-state index contributed by atoms with van der Waals surface area (Å²) in [5, 5.41) is 4.61. The zero-order chi connectivity index (χ0) is 17.9. The second kappa shape index (κ2) is 7.31. The molecule has 0 saturated carbocycles. The number of hydrogen-bond donors (Lipinski definition) is 2. The lowest BCUT2D eigenvalue weighted by Crippen LogP contribution is -2.30. The van der Waals surface area contributed by atoms with Gasteiger partial charge in [-0.15, -0.1) is 0 Å². The van der Waals surface area contributed by atoms with Gasteiger partial charge in [-0.25, -0.2) is 0 Å². The van der Waals surface area contributed by atoms with Crippen LogP contribution in [0.1, 0.15) is 23.6 Å². The molecule has 0 saturated heterocycles. The summed E-state index contributed by atoms with van der Waals surface area (Å²) in [6.07, 6.45) is -0.833. The van der Waals surface area contributed by atoms with E-state index in [4.69, 9.17) is 0 Å². The van der Waals surface area contributed by atoms with E-state index < -0.39 is 11.7 Å². The number of fused-ring (bicyclic) bond motifs is 1. The number of H-pyrrole nitrogens is 1. The molecule has 5 heteroatoms. The topological polar surface area (TPSA) is 27.8 Å². The number of benzene rings is 2. The maximum Gasteiger partial charge on any atom is 0.416 e. The van der Waals surface area contributed by atoms with Gasteiger partial charge in [-0.1, -0.05) is 36.4 Å². The number of nitrogens with one attached hydrogen (secondary N) is 2. The summed E-state index contributed by atoms with van der Waals surface area (Å²) in [7, 11) is 0. The Hall–Kier alpha value is -2.27. The highest BCUT2D eigenvalue weighted by atomic mass is 19.4. The van der Waals surface area contributed by atoms with Gasteiger partial charge in [0.15, 0.2) is 0 Å². The van der Waals surface area contributed by atoms with Crippen molar-refractivity contribution in [3.63, 3.8) is 0 Å². The van der Waals surface area contributed by atoms with E-state index in [9.17, 15) is 13.2 Å². The molecular weight excluding hydrogens is 325 g/mol. The maximum absolute atomic E-state index is 12.8. The van der Waals surface area contributed by atoms with Crippen molar-refractivity contribution < 1.29 is 13.2 Å². The average Bonchev–Trinajstić information content (AvgIpc) is 2.98. The highest BCUT2D eigenvalue weighted by molar-refractivity contribution is 5.83. The normalized spacial score (nSPS) is 13.3. The van der Waals surface area contributed by atoms with Crippen LogP contribution >= 0.6 is 0 Å². The summed E-state index contributed by atoms with van der Waals surface area (Å²) in [5.74, 6) is 0. The minimum atomic E-state index is -4.29. The summed E-state index contributed by atoms with van der Waals surface area (Å²) in [4.78, 5) is 3.25. The Bertz CT molecular complexity index is 836. The monoisotopic (exact) mass is 346 g/mol. The van der Waals surface area contributed by atoms with Crippen LogP contribution in [0.15, 0.2) is 54.7 Å². The predicted molar refractivity (Wildman–Crippen MR) is 94.6 cm³/mol. The van der Waals surface area contributed by atoms with Crippen LogP contribution in [-0.4, -0.2) is 17.6 Å². The van der Waals surface area contributed by atoms with E-state index in [1.807, 2.05) is 31.3 Å². The molecule has 2 nitrogen and oxygen atoms in total. The molecule has 132 valence electrons. The van der Waals surface area contributed by atoms with E-state index in [1.165, 1.54) is 23.1 Å². The fourth-order valence-electron chi connectivity index (χ4n) is 3.09. The Balaban J connectivity index is 1.54. The second-order valence-corrected chi connectivity index (χ2v) is 6.37. The number of aromatic nitrogens is 1. The molecule has 0 aliphatic rings. The molecule has 3 rings (SSSR count). The summed E-state index contributed by atoms with van der Waals surface area (Å²) < 4.78 is 38.3. The molecule has 0 aliphatic heterocycles. The predicted octanol–water partition coefficient (Wildman–Crippen LogP) is 4.95. The molecule has 1 unspecified atom stereocenters. The first kappa shape index (κ1) is 17.5. The minimum absolute atomic E-state index is 0.105. The fourth-order valence-corrected chi connectivity index (χ4v) is 3.09. The molecule has 1 atom stereocenters. The Labute approximate surface area is 145 Å². The van der Waals surface area contributed by atoms with E-state index in [-0.39, 0.29) is 6.04 Å². The van der Waals surface area contributed by atoms with Crippen LogP contribution in [0.4, 0.5) is 13.2 Å². The lowest BCUT2D eigenvalue weighted by atomic mass is 10.0. The van der Waals surface area contributed by atoms with Gasteiger partial charge in [-0.05, 0) is 49.6 Å². The largest absolute Gasteiger partial charge is 0.416 e. The Morgan fingerprint density at radius 3 is 2.68 bits per heavy atom. The highest BCUT2D eigenvalue weighted by Gasteiger charge is 2.30. The van der Waals surface area contributed by atoms with E-state index in [1.54, 1.807) is 6.07 Å². The minimum Gasteiger partial charge on any atom is -0.361 e. The Morgan fingerprint density at radius 2 is 1.88 bits per heavy atom. The lowest BCUT2D eigenvalue weighted by molar-refractivity contribution is -0.137. The molecule has 0 spiro atoms. The van der Waals surface area contributed by atoms with Crippen molar-refractivity contribution in [3.05, 3.63) is 71.4 Å². The van der Waals surface area contributed by atoms with Crippen molar-refractivity contribution in [1.29, 1.82) is 0 Å². The van der Waals surface area contributed by atoms with E-state index in [0.717, 1.165) is 24.5 Å². The SMILES string of the molecule is CC(Cc1cccc(C(F)(F)F)c1)NCCc1c[nH]c2ccccc12. The zero-order valence-electron chi connectivity index (χ0n) is 14.0. The number of para-hydroxylation sites is 1. The molecule has 0 aliphatic carbocycles. The second-order valence-electron chi connectivity index (χ2n) is 6.37. The van der Waals surface area contributed by atoms with Gasteiger partial charge in [0.05, 0.1) is 5.56 Å². The number of rotatable bonds is 6. The van der Waals surface area contributed by atoms with E-state index in [0.29, 0.717) is 12.0 Å². The third-order valence-corrected chi connectivity index (χ3v) is 4.36. The van der Waals surface area contributed by atoms with Gasteiger partial charge in [-0.2, -0.15) is 13.2 Å². The van der Waals surface area contributed by atoms with E-state index >= 15 is 0 Å². The molecule has 25 heavy (non-hydrogen) atoms. The average molecular weight is 346 g/mol. The first-order chi connectivity index (χ1) is 11.9. The molecular formula is C20H21F3N2. The van der Waals surface area contributed by atoms with Crippen LogP contribution in [0.2, 0.25) is 0 Å². The maximum atomic E-state index is 12.8. The Kier molecular flexibility index (Phi) is 5.13. The third kappa shape index (κ3) is 4.42. The van der Waals surface area contributed by atoms with Crippen LogP contribution in [0.5, 0.6) is 0 Å². The van der Waals surface area contributed by atoms with Gasteiger partial charge in [0.25, 0.3) is 0 Å². The molecule has 0 bridgehead atoms. The van der Waals surface area contributed by atoms with Crippen LogP contribution in [0.3, 0.4) is 0 Å². The van der Waals surface area contributed by atoms with Gasteiger partial charge < -0.3 is 10.3 Å². The molecule has 0 radical (unpaired) electrons. The van der Waals surface area contributed by atoms with Gasteiger partial charge in [0.1, 0.15) is 0 Å². The van der Waals surface area contributed by atoms with Gasteiger partial charge in [-0.3, -0.25) is 0 Å². The zero-order valence-corrected chi connectivity index (χ0v) is 14.0. The third-order valence-electron chi connectivity index (χ3n) is 4.36.